The smallest absolute Gasteiger partial charge is 0.239 e. The van der Waals surface area contributed by atoms with Gasteiger partial charge in [0.25, 0.3) is 0 Å². The van der Waals surface area contributed by atoms with Crippen molar-refractivity contribution in [3.63, 3.8) is 0 Å². The molecule has 1 aliphatic heterocycles. The van der Waals surface area contributed by atoms with Crippen LogP contribution in [-0.2, 0) is 10.0 Å². The highest BCUT2D eigenvalue weighted by Gasteiger charge is 2.37. The summed E-state index contributed by atoms with van der Waals surface area (Å²) in [6.45, 7) is 3.11. The van der Waals surface area contributed by atoms with E-state index in [1.165, 1.54) is 4.31 Å². The molecule has 18 heavy (non-hydrogen) atoms. The van der Waals surface area contributed by atoms with Crippen molar-refractivity contribution in [3.8, 4) is 5.75 Å². The van der Waals surface area contributed by atoms with Gasteiger partial charge in [-0.2, -0.15) is 0 Å². The van der Waals surface area contributed by atoms with Crippen LogP contribution in [0, 0.1) is 0 Å². The number of rotatable bonds is 4. The Kier molecular flexibility index (Phi) is 3.77. The number of sulfonamides is 1. The van der Waals surface area contributed by atoms with Gasteiger partial charge in [-0.25, -0.2) is 8.42 Å². The van der Waals surface area contributed by atoms with Gasteiger partial charge in [0.05, 0.1) is 17.5 Å². The maximum atomic E-state index is 12.2. The number of anilines is 1. The second kappa shape index (κ2) is 5.16. The molecule has 0 bridgehead atoms. The van der Waals surface area contributed by atoms with Crippen molar-refractivity contribution in [2.75, 3.05) is 24.0 Å². The lowest BCUT2D eigenvalue weighted by molar-refractivity contribution is 0.340. The monoisotopic (exact) mass is 270 g/mol. The normalized spacial score (nSPS) is 22.1. The fourth-order valence-electron chi connectivity index (χ4n) is 2.13. The molecule has 0 saturated carbocycles. The Balaban J connectivity index is 2.30. The van der Waals surface area contributed by atoms with E-state index in [4.69, 9.17) is 10.5 Å². The lowest BCUT2D eigenvalue weighted by atomic mass is 10.2. The van der Waals surface area contributed by atoms with E-state index in [9.17, 15) is 8.42 Å². The van der Waals surface area contributed by atoms with Crippen molar-refractivity contribution in [2.45, 2.75) is 18.6 Å². The number of hydrogen-bond acceptors (Lipinski definition) is 4. The van der Waals surface area contributed by atoms with Crippen LogP contribution in [-0.4, -0.2) is 33.4 Å². The fraction of sp³-hybridized carbons (Fsp3) is 0.500. The molecule has 0 amide bonds. The Labute approximate surface area is 108 Å². The first-order valence-electron chi connectivity index (χ1n) is 6.04. The van der Waals surface area contributed by atoms with Crippen LogP contribution in [0.1, 0.15) is 13.3 Å². The Bertz CT molecular complexity index is 516. The summed E-state index contributed by atoms with van der Waals surface area (Å²) in [5, 5.41) is -0.465. The number of benzene rings is 1. The molecule has 1 aromatic carbocycles. The highest BCUT2D eigenvalue weighted by molar-refractivity contribution is 7.93. The van der Waals surface area contributed by atoms with Crippen molar-refractivity contribution in [2.24, 2.45) is 5.73 Å². The van der Waals surface area contributed by atoms with E-state index >= 15 is 0 Å². The summed E-state index contributed by atoms with van der Waals surface area (Å²) in [4.78, 5) is 0. The van der Waals surface area contributed by atoms with Gasteiger partial charge in [0, 0.05) is 19.2 Å². The molecular weight excluding hydrogens is 252 g/mol. The minimum Gasteiger partial charge on any atom is -0.494 e. The Morgan fingerprint density at radius 2 is 2.28 bits per heavy atom. The number of nitrogens with two attached hydrogens (primary N) is 1. The molecule has 100 valence electrons. The second-order valence-corrected chi connectivity index (χ2v) is 6.33. The van der Waals surface area contributed by atoms with Crippen molar-refractivity contribution < 1.29 is 13.2 Å². The van der Waals surface area contributed by atoms with Crippen LogP contribution in [0.15, 0.2) is 24.3 Å². The number of hydrogen-bond donors (Lipinski definition) is 1. The van der Waals surface area contributed by atoms with Crippen LogP contribution in [0.3, 0.4) is 0 Å². The van der Waals surface area contributed by atoms with Gasteiger partial charge in [-0.05, 0) is 25.5 Å². The van der Waals surface area contributed by atoms with Crippen LogP contribution in [0.5, 0.6) is 5.75 Å². The third kappa shape index (κ3) is 2.30. The molecule has 1 atom stereocenters. The van der Waals surface area contributed by atoms with Crippen molar-refractivity contribution in [3.05, 3.63) is 24.3 Å². The number of nitrogens with zero attached hydrogens (tertiary/aromatic N) is 1. The summed E-state index contributed by atoms with van der Waals surface area (Å²) in [6.07, 6.45) is 0.581. The zero-order chi connectivity index (χ0) is 13.2. The maximum absolute atomic E-state index is 12.2. The average molecular weight is 270 g/mol. The molecule has 1 heterocycles. The van der Waals surface area contributed by atoms with Gasteiger partial charge < -0.3 is 10.5 Å². The summed E-state index contributed by atoms with van der Waals surface area (Å²) in [5.41, 5.74) is 6.15. The third-order valence-corrected chi connectivity index (χ3v) is 5.34. The van der Waals surface area contributed by atoms with Crippen LogP contribution >= 0.6 is 0 Å². The fourth-order valence-corrected chi connectivity index (χ4v) is 3.90. The minimum absolute atomic E-state index is 0.171. The predicted octanol–water partition coefficient (Wildman–Crippen LogP) is 0.952. The van der Waals surface area contributed by atoms with Gasteiger partial charge in [-0.15, -0.1) is 0 Å². The first kappa shape index (κ1) is 13.2. The third-order valence-electron chi connectivity index (χ3n) is 3.06. The van der Waals surface area contributed by atoms with Gasteiger partial charge >= 0.3 is 0 Å². The summed E-state index contributed by atoms with van der Waals surface area (Å²) in [6, 6.07) is 7.14. The van der Waals surface area contributed by atoms with Gasteiger partial charge in [-0.3, -0.25) is 4.31 Å². The molecule has 2 rings (SSSR count). The quantitative estimate of drug-likeness (QED) is 0.884. The molecule has 0 spiro atoms. The highest BCUT2D eigenvalue weighted by atomic mass is 32.2. The second-order valence-electron chi connectivity index (χ2n) is 4.19. The highest BCUT2D eigenvalue weighted by Crippen LogP contribution is 2.30. The summed E-state index contributed by atoms with van der Waals surface area (Å²) in [7, 11) is -3.31. The Morgan fingerprint density at radius 3 is 2.89 bits per heavy atom. The van der Waals surface area contributed by atoms with Gasteiger partial charge in [-0.1, -0.05) is 6.07 Å². The molecule has 1 aliphatic rings. The Morgan fingerprint density at radius 1 is 1.50 bits per heavy atom. The molecular formula is C12H18N2O3S. The number of ether oxygens (including phenoxy) is 1. The average Bonchev–Trinajstić information content (AvgIpc) is 2.64. The summed E-state index contributed by atoms with van der Waals surface area (Å²) < 4.78 is 31.2. The largest absolute Gasteiger partial charge is 0.494 e. The molecule has 0 radical (unpaired) electrons. The van der Waals surface area contributed by atoms with Crippen LogP contribution < -0.4 is 14.8 Å². The predicted molar refractivity (Wildman–Crippen MR) is 71.3 cm³/mol. The molecule has 0 unspecified atom stereocenters. The van der Waals surface area contributed by atoms with E-state index in [2.05, 4.69) is 0 Å². The van der Waals surface area contributed by atoms with E-state index in [1.807, 2.05) is 13.0 Å². The van der Waals surface area contributed by atoms with E-state index in [1.54, 1.807) is 18.2 Å². The molecule has 5 nitrogen and oxygen atoms in total. The summed E-state index contributed by atoms with van der Waals surface area (Å²) in [5.74, 6) is 0.682. The first-order chi connectivity index (χ1) is 8.59. The van der Waals surface area contributed by atoms with E-state index in [0.717, 1.165) is 0 Å². The van der Waals surface area contributed by atoms with Gasteiger partial charge in [0.2, 0.25) is 10.0 Å². The lowest BCUT2D eigenvalue weighted by Crippen LogP contribution is -2.33. The van der Waals surface area contributed by atoms with Crippen molar-refractivity contribution in [1.29, 1.82) is 0 Å². The molecule has 1 fully saturated rings. The van der Waals surface area contributed by atoms with Gasteiger partial charge in [0.15, 0.2) is 0 Å². The lowest BCUT2D eigenvalue weighted by Gasteiger charge is -2.19. The topological polar surface area (TPSA) is 72.6 Å². The molecule has 0 aromatic heterocycles. The zero-order valence-electron chi connectivity index (χ0n) is 10.4. The van der Waals surface area contributed by atoms with Crippen molar-refractivity contribution >= 4 is 15.7 Å². The van der Waals surface area contributed by atoms with Crippen molar-refractivity contribution in [1.82, 2.24) is 0 Å². The van der Waals surface area contributed by atoms with E-state index in [-0.39, 0.29) is 6.54 Å². The minimum atomic E-state index is -3.31. The van der Waals surface area contributed by atoms with Gasteiger partial charge in [0.1, 0.15) is 5.75 Å². The standard InChI is InChI=1S/C12H18N2O3S/c1-2-17-11-5-3-4-10(8-11)14-7-6-12(9-13)18(14,15)16/h3-5,8,12H,2,6-7,9,13H2,1H3/t12-/m1/s1. The van der Waals surface area contributed by atoms with E-state index < -0.39 is 15.3 Å². The SMILES string of the molecule is CCOc1cccc(N2CC[C@H](CN)S2(=O)=O)c1. The summed E-state index contributed by atoms with van der Waals surface area (Å²) >= 11 is 0. The zero-order valence-corrected chi connectivity index (χ0v) is 11.2. The molecule has 1 aromatic rings. The molecule has 0 aliphatic carbocycles. The van der Waals surface area contributed by atoms with Crippen LogP contribution in [0.2, 0.25) is 0 Å². The molecule has 2 N–H and O–H groups in total. The van der Waals surface area contributed by atoms with E-state index in [0.29, 0.717) is 31.0 Å². The first-order valence-corrected chi connectivity index (χ1v) is 7.54. The van der Waals surface area contributed by atoms with Crippen LogP contribution in [0.25, 0.3) is 0 Å². The molecule has 1 saturated heterocycles. The molecule has 6 heteroatoms. The van der Waals surface area contributed by atoms with Crippen LogP contribution in [0.4, 0.5) is 5.69 Å². The maximum Gasteiger partial charge on any atom is 0.239 e. The Hall–Kier alpha value is -1.27.